The number of anilines is 1. The lowest BCUT2D eigenvalue weighted by molar-refractivity contribution is 0.0927. The minimum absolute atomic E-state index is 0.203. The fourth-order valence-corrected chi connectivity index (χ4v) is 2.85. The quantitative estimate of drug-likeness (QED) is 0.656. The van der Waals surface area contributed by atoms with Crippen molar-refractivity contribution < 1.29 is 13.9 Å². The van der Waals surface area contributed by atoms with Crippen LogP contribution in [0.2, 0.25) is 0 Å². The fourth-order valence-electron chi connectivity index (χ4n) is 2.85. The summed E-state index contributed by atoms with van der Waals surface area (Å²) in [6.45, 7) is 0.600. The number of nitrogens with one attached hydrogen (secondary N) is 1. The Hall–Kier alpha value is -2.95. The van der Waals surface area contributed by atoms with Crippen molar-refractivity contribution in [3.63, 3.8) is 0 Å². The molecule has 0 aliphatic heterocycles. The minimum atomic E-state index is -0.203. The molecule has 0 aliphatic carbocycles. The Balaban J connectivity index is 1.53. The van der Waals surface area contributed by atoms with E-state index in [0.29, 0.717) is 23.6 Å². The normalized spacial score (nSPS) is 10.7. The van der Waals surface area contributed by atoms with Gasteiger partial charge in [0, 0.05) is 31.7 Å². The predicted octanol–water partition coefficient (Wildman–Crippen LogP) is 3.87. The highest BCUT2D eigenvalue weighted by Crippen LogP contribution is 2.28. The van der Waals surface area contributed by atoms with E-state index >= 15 is 0 Å². The van der Waals surface area contributed by atoms with Gasteiger partial charge in [0.2, 0.25) is 0 Å². The smallest absolute Gasteiger partial charge is 0.287 e. The molecule has 1 N–H and O–H groups in total. The van der Waals surface area contributed by atoms with Gasteiger partial charge in [-0.05, 0) is 42.7 Å². The monoisotopic (exact) mass is 352 g/mol. The molecule has 0 spiro atoms. The van der Waals surface area contributed by atoms with Crippen molar-refractivity contribution in [2.24, 2.45) is 0 Å². The molecule has 136 valence electrons. The second-order valence-electron chi connectivity index (χ2n) is 6.41. The van der Waals surface area contributed by atoms with Crippen LogP contribution in [0.4, 0.5) is 5.69 Å². The number of carbonyl (C=O) groups excluding carboxylic acids is 1. The van der Waals surface area contributed by atoms with Crippen molar-refractivity contribution in [2.75, 3.05) is 32.6 Å². The van der Waals surface area contributed by atoms with Gasteiger partial charge in [-0.3, -0.25) is 4.79 Å². The summed E-state index contributed by atoms with van der Waals surface area (Å²) in [6.07, 6.45) is 1.79. The molecular weight excluding hydrogens is 328 g/mol. The van der Waals surface area contributed by atoms with E-state index in [9.17, 15) is 4.79 Å². The van der Waals surface area contributed by atoms with Gasteiger partial charge in [-0.1, -0.05) is 24.3 Å². The van der Waals surface area contributed by atoms with Crippen LogP contribution in [0.25, 0.3) is 11.0 Å². The van der Waals surface area contributed by atoms with Gasteiger partial charge in [0.15, 0.2) is 17.1 Å². The number of hydrogen-bond acceptors (Lipinski definition) is 4. The molecule has 0 atom stereocenters. The van der Waals surface area contributed by atoms with E-state index in [1.54, 1.807) is 13.2 Å². The fraction of sp³-hybridized carbons (Fsp3) is 0.286. The zero-order valence-electron chi connectivity index (χ0n) is 15.4. The maximum atomic E-state index is 12.3. The number of nitrogens with zero attached hydrogens (tertiary/aromatic N) is 1. The predicted molar refractivity (Wildman–Crippen MR) is 104 cm³/mol. The Morgan fingerprint density at radius 2 is 1.92 bits per heavy atom. The van der Waals surface area contributed by atoms with Crippen LogP contribution in [-0.4, -0.2) is 33.7 Å². The summed E-state index contributed by atoms with van der Waals surface area (Å²) in [7, 11) is 5.64. The molecule has 0 aliphatic rings. The number of furan rings is 1. The second kappa shape index (κ2) is 7.95. The summed E-state index contributed by atoms with van der Waals surface area (Å²) in [5.41, 5.74) is 3.04. The number of amides is 1. The lowest BCUT2D eigenvalue weighted by atomic mass is 10.1. The van der Waals surface area contributed by atoms with Crippen LogP contribution in [0.3, 0.4) is 0 Å². The topological polar surface area (TPSA) is 54.7 Å². The van der Waals surface area contributed by atoms with Gasteiger partial charge in [0.1, 0.15) is 0 Å². The van der Waals surface area contributed by atoms with Gasteiger partial charge in [0.05, 0.1) is 7.11 Å². The van der Waals surface area contributed by atoms with Gasteiger partial charge >= 0.3 is 0 Å². The van der Waals surface area contributed by atoms with Crippen molar-refractivity contribution in [2.45, 2.75) is 12.8 Å². The van der Waals surface area contributed by atoms with Crippen LogP contribution in [0, 0.1) is 0 Å². The average molecular weight is 352 g/mol. The Bertz CT molecular complexity index is 882. The summed E-state index contributed by atoms with van der Waals surface area (Å²) >= 11 is 0. The van der Waals surface area contributed by atoms with E-state index in [2.05, 4.69) is 34.5 Å². The summed E-state index contributed by atoms with van der Waals surface area (Å²) in [5, 5.41) is 3.77. The molecule has 0 radical (unpaired) electrons. The summed E-state index contributed by atoms with van der Waals surface area (Å²) in [4.78, 5) is 14.4. The molecule has 0 bridgehead atoms. The van der Waals surface area contributed by atoms with E-state index in [0.717, 1.165) is 18.2 Å². The number of rotatable bonds is 7. The highest BCUT2D eigenvalue weighted by Gasteiger charge is 2.14. The molecule has 0 unspecified atom stereocenters. The lowest BCUT2D eigenvalue weighted by Gasteiger charge is -2.12. The van der Waals surface area contributed by atoms with Gasteiger partial charge < -0.3 is 19.4 Å². The molecular formula is C21H24N2O3. The lowest BCUT2D eigenvalue weighted by Crippen LogP contribution is -2.24. The number of methoxy groups -OCH3 is 1. The van der Waals surface area contributed by atoms with Crippen molar-refractivity contribution in [3.8, 4) is 5.75 Å². The van der Waals surface area contributed by atoms with E-state index < -0.39 is 0 Å². The van der Waals surface area contributed by atoms with Crippen LogP contribution in [-0.2, 0) is 6.42 Å². The molecule has 1 amide bonds. The summed E-state index contributed by atoms with van der Waals surface area (Å²) in [5.74, 6) is 0.730. The van der Waals surface area contributed by atoms with Gasteiger partial charge in [-0.15, -0.1) is 0 Å². The van der Waals surface area contributed by atoms with E-state index in [1.807, 2.05) is 32.3 Å². The third-order valence-corrected chi connectivity index (χ3v) is 4.33. The van der Waals surface area contributed by atoms with Crippen LogP contribution in [0.1, 0.15) is 22.5 Å². The number of ether oxygens (including phenoxy) is 1. The highest BCUT2D eigenvalue weighted by atomic mass is 16.5. The number of hydrogen-bond donors (Lipinski definition) is 1. The van der Waals surface area contributed by atoms with Gasteiger partial charge in [0.25, 0.3) is 5.91 Å². The molecule has 5 heteroatoms. The van der Waals surface area contributed by atoms with Crippen LogP contribution < -0.4 is 15.0 Å². The average Bonchev–Trinajstić information content (AvgIpc) is 3.10. The van der Waals surface area contributed by atoms with E-state index in [1.165, 1.54) is 11.3 Å². The van der Waals surface area contributed by atoms with E-state index in [4.69, 9.17) is 9.15 Å². The number of fused-ring (bicyclic) bond motifs is 1. The SMILES string of the molecule is COc1cccc2cc(C(=O)NCCCc3ccc(N(C)C)cc3)oc12. The van der Waals surface area contributed by atoms with Gasteiger partial charge in [-0.25, -0.2) is 0 Å². The third kappa shape index (κ3) is 3.99. The molecule has 2 aromatic carbocycles. The minimum Gasteiger partial charge on any atom is -0.493 e. The summed E-state index contributed by atoms with van der Waals surface area (Å²) in [6, 6.07) is 15.8. The first kappa shape index (κ1) is 17.9. The maximum absolute atomic E-state index is 12.3. The van der Waals surface area contributed by atoms with E-state index in [-0.39, 0.29) is 5.91 Å². The van der Waals surface area contributed by atoms with Crippen LogP contribution >= 0.6 is 0 Å². The Morgan fingerprint density at radius 3 is 2.62 bits per heavy atom. The molecule has 3 aromatic rings. The first-order valence-corrected chi connectivity index (χ1v) is 8.69. The number of para-hydroxylation sites is 1. The van der Waals surface area contributed by atoms with Crippen molar-refractivity contribution in [1.29, 1.82) is 0 Å². The Labute approximate surface area is 153 Å². The molecule has 1 aromatic heterocycles. The van der Waals surface area contributed by atoms with Crippen molar-refractivity contribution in [3.05, 3.63) is 59.9 Å². The highest BCUT2D eigenvalue weighted by molar-refractivity contribution is 5.97. The maximum Gasteiger partial charge on any atom is 0.287 e. The molecule has 0 saturated heterocycles. The molecule has 5 nitrogen and oxygen atoms in total. The number of aryl methyl sites for hydroxylation is 1. The first-order chi connectivity index (χ1) is 12.6. The number of carbonyl (C=O) groups is 1. The summed E-state index contributed by atoms with van der Waals surface area (Å²) < 4.78 is 10.9. The Morgan fingerprint density at radius 1 is 1.15 bits per heavy atom. The molecule has 26 heavy (non-hydrogen) atoms. The van der Waals surface area contributed by atoms with Gasteiger partial charge in [-0.2, -0.15) is 0 Å². The van der Waals surface area contributed by atoms with Crippen molar-refractivity contribution in [1.82, 2.24) is 5.32 Å². The Kier molecular flexibility index (Phi) is 5.46. The molecule has 0 saturated carbocycles. The zero-order valence-corrected chi connectivity index (χ0v) is 15.4. The molecule has 3 rings (SSSR count). The largest absolute Gasteiger partial charge is 0.493 e. The third-order valence-electron chi connectivity index (χ3n) is 4.33. The second-order valence-corrected chi connectivity index (χ2v) is 6.41. The van der Waals surface area contributed by atoms with Crippen molar-refractivity contribution >= 4 is 22.6 Å². The first-order valence-electron chi connectivity index (χ1n) is 8.69. The standard InChI is InChI=1S/C21H24N2O3/c1-23(2)17-11-9-15(10-12-17)6-5-13-22-21(24)19-14-16-7-4-8-18(25-3)20(16)26-19/h4,7-12,14H,5-6,13H2,1-3H3,(H,22,24). The molecule has 0 fully saturated rings. The zero-order chi connectivity index (χ0) is 18.5. The molecule has 1 heterocycles. The van der Waals surface area contributed by atoms with Crippen LogP contribution in [0.15, 0.2) is 52.9 Å². The van der Waals surface area contributed by atoms with Crippen LogP contribution in [0.5, 0.6) is 5.75 Å². The number of benzene rings is 2.